The summed E-state index contributed by atoms with van der Waals surface area (Å²) in [6, 6.07) is 38.4. The number of amides is 4. The number of benzene rings is 7. The molecule has 0 radical (unpaired) electrons. The zero-order valence-electron chi connectivity index (χ0n) is 38.0. The molecule has 7 rings (SSSR count). The van der Waals surface area contributed by atoms with Crippen LogP contribution in [-0.4, -0.2) is 37.2 Å². The smallest absolute Gasteiger partial charge is 0.253 e. The molecule has 358 valence electrons. The second-order valence-electron chi connectivity index (χ2n) is 14.9. The number of hydrogen-bond donors (Lipinski definition) is 7. The quantitative estimate of drug-likeness (QED) is 0.0630. The fourth-order valence-corrected chi connectivity index (χ4v) is 8.14. The van der Waals surface area contributed by atoms with Gasteiger partial charge in [-0.3, -0.25) is 19.2 Å². The second kappa shape index (κ2) is 27.1. The van der Waals surface area contributed by atoms with Crippen molar-refractivity contribution in [2.24, 2.45) is 11.5 Å². The largest absolute Gasteiger partial charge is 0.366 e. The lowest BCUT2D eigenvalue weighted by Gasteiger charge is -2.14. The van der Waals surface area contributed by atoms with Crippen molar-refractivity contribution in [2.45, 2.75) is 27.7 Å². The molecule has 0 unspecified atom stereocenters. The van der Waals surface area contributed by atoms with Crippen molar-refractivity contribution in [3.05, 3.63) is 207 Å². The first kappa shape index (κ1) is 55.4. The maximum absolute atomic E-state index is 13.5. The van der Waals surface area contributed by atoms with Gasteiger partial charge in [-0.05, 0) is 233 Å². The number of anilines is 6. The van der Waals surface area contributed by atoms with Gasteiger partial charge in [0.25, 0.3) is 17.7 Å². The van der Waals surface area contributed by atoms with Crippen LogP contribution in [0.4, 0.5) is 47.3 Å². The Balaban J connectivity index is 0.000000207. The maximum Gasteiger partial charge on any atom is 0.253 e. The van der Waals surface area contributed by atoms with Crippen molar-refractivity contribution in [3.63, 3.8) is 0 Å². The fourth-order valence-electron chi connectivity index (χ4n) is 6.20. The van der Waals surface area contributed by atoms with Gasteiger partial charge in [-0.15, -0.1) is 0 Å². The Morgan fingerprint density at radius 1 is 0.464 bits per heavy atom. The first-order chi connectivity index (χ1) is 32.8. The van der Waals surface area contributed by atoms with Crippen molar-refractivity contribution in [1.82, 2.24) is 10.6 Å². The Hall–Kier alpha value is -6.20. The summed E-state index contributed by atoms with van der Waals surface area (Å²) in [6.07, 6.45) is 0. The highest BCUT2D eigenvalue weighted by Gasteiger charge is 2.15. The van der Waals surface area contributed by atoms with Crippen LogP contribution < -0.4 is 38.1 Å². The van der Waals surface area contributed by atoms with Gasteiger partial charge in [-0.1, -0.05) is 18.2 Å². The van der Waals surface area contributed by atoms with Gasteiger partial charge < -0.3 is 38.1 Å². The minimum atomic E-state index is -0.592. The molecule has 7 aromatic rings. The molecule has 7 aromatic carbocycles. The summed E-state index contributed by atoms with van der Waals surface area (Å²) in [5, 5.41) is 14.6. The third kappa shape index (κ3) is 17.4. The molecule has 0 bridgehead atoms. The average Bonchev–Trinajstić information content (AvgIpc) is 3.30. The highest BCUT2D eigenvalue weighted by atomic mass is 127. The van der Waals surface area contributed by atoms with E-state index in [0.717, 1.165) is 44.5 Å². The number of carbonyl (C=O) groups excluding carboxylic acids is 4. The molecule has 0 spiro atoms. The van der Waals surface area contributed by atoms with Gasteiger partial charge in [0, 0.05) is 46.9 Å². The van der Waals surface area contributed by atoms with Crippen LogP contribution >= 0.6 is 67.8 Å². The van der Waals surface area contributed by atoms with Crippen LogP contribution in [0.5, 0.6) is 0 Å². The summed E-state index contributed by atoms with van der Waals surface area (Å²) in [5.74, 6) is -2.63. The van der Waals surface area contributed by atoms with E-state index in [1.165, 1.54) is 54.6 Å². The van der Waals surface area contributed by atoms with Gasteiger partial charge in [0.15, 0.2) is 0 Å². The van der Waals surface area contributed by atoms with E-state index >= 15 is 0 Å². The molecule has 9 N–H and O–H groups in total. The first-order valence-electron chi connectivity index (χ1n) is 20.9. The number of halogens is 6. The molecule has 0 aliphatic rings. The maximum atomic E-state index is 13.5. The summed E-state index contributed by atoms with van der Waals surface area (Å²) >= 11 is 6.68. The van der Waals surface area contributed by atoms with Crippen LogP contribution in [-0.2, 0) is 0 Å². The molecule has 0 heterocycles. The van der Waals surface area contributed by atoms with E-state index in [4.69, 9.17) is 11.5 Å². The molecule has 0 saturated heterocycles. The molecule has 0 fully saturated rings. The number of carbonyl (C=O) groups is 4. The van der Waals surface area contributed by atoms with Crippen LogP contribution in [0.25, 0.3) is 0 Å². The molecule has 0 aliphatic heterocycles. The van der Waals surface area contributed by atoms with E-state index in [9.17, 15) is 32.3 Å². The van der Waals surface area contributed by atoms with E-state index in [-0.39, 0.29) is 34.9 Å². The van der Waals surface area contributed by atoms with Crippen LogP contribution in [0.2, 0.25) is 0 Å². The summed E-state index contributed by atoms with van der Waals surface area (Å²) in [7, 11) is 1.55. The van der Waals surface area contributed by atoms with Crippen molar-refractivity contribution in [2.75, 3.05) is 29.5 Å². The number of nitrogens with one attached hydrogen (secondary N) is 5. The van der Waals surface area contributed by atoms with Crippen LogP contribution in [0.1, 0.15) is 65.0 Å². The second-order valence-corrected chi connectivity index (χ2v) is 18.6. The van der Waals surface area contributed by atoms with E-state index in [1.54, 1.807) is 31.3 Å². The van der Waals surface area contributed by atoms with Crippen molar-refractivity contribution in [3.8, 4) is 0 Å². The normalized spacial score (nSPS) is 10.1. The van der Waals surface area contributed by atoms with E-state index in [0.29, 0.717) is 40.3 Å². The number of nitrogens with two attached hydrogens (primary N) is 2. The molecule has 0 saturated carbocycles. The lowest BCUT2D eigenvalue weighted by atomic mass is 10.1. The summed E-state index contributed by atoms with van der Waals surface area (Å²) in [4.78, 5) is 45.6. The predicted molar refractivity (Wildman–Crippen MR) is 296 cm³/mol. The van der Waals surface area contributed by atoms with Crippen LogP contribution in [0.15, 0.2) is 140 Å². The monoisotopic (exact) mass is 1270 g/mol. The molecule has 0 aliphatic carbocycles. The highest BCUT2D eigenvalue weighted by molar-refractivity contribution is 14.1. The lowest BCUT2D eigenvalue weighted by molar-refractivity contribution is 0.0951. The van der Waals surface area contributed by atoms with Gasteiger partial charge in [0.1, 0.15) is 17.5 Å². The first-order valence-corrected chi connectivity index (χ1v) is 24.2. The van der Waals surface area contributed by atoms with Gasteiger partial charge in [-0.2, -0.15) is 0 Å². The molecule has 69 heavy (non-hydrogen) atoms. The number of rotatable bonds is 11. The van der Waals surface area contributed by atoms with Gasteiger partial charge in [-0.25, -0.2) is 13.2 Å². The SMILES string of the molecule is CCNC(=O)c1ccc(F)cc1Nc1ccc(I)cc1C.CNC(=O)c1ccc(F)cc1Nc1ccc(I)cc1C.Cc1cc(I)ccc1Nc1cc(F)ccc1C(N)=O.NC(=O)c1ccccc1. The topological polar surface area (TPSA) is 180 Å². The van der Waals surface area contributed by atoms with Crippen molar-refractivity contribution < 1.29 is 32.3 Å². The molecule has 11 nitrogen and oxygen atoms in total. The standard InChI is InChI=1S/C16H16FIN2O.C15H14FIN2O.C14H12FIN2O.C7H7NO/c1-3-19-16(21)13-6-4-11(17)9-15(13)20-14-7-5-12(18)8-10(14)2;1-9-7-11(17)4-6-13(9)19-14-8-10(16)3-5-12(14)15(20)18-2;1-8-6-10(16)3-5-12(8)18-13-7-9(15)2-4-11(13)14(17)19;8-7(9)6-4-2-1-3-5-6/h4-9,20H,3H2,1-2H3,(H,19,21);3-8,19H,1-2H3,(H,18,20);2-7,18H,1H3,(H2,17,19);1-5H,(H2,8,9). The van der Waals surface area contributed by atoms with Crippen LogP contribution in [0.3, 0.4) is 0 Å². The zero-order valence-corrected chi connectivity index (χ0v) is 44.5. The molecular formula is C52H49F3I3N7O4. The Morgan fingerprint density at radius 2 is 0.826 bits per heavy atom. The molecular weight excluding hydrogens is 1220 g/mol. The van der Waals surface area contributed by atoms with Gasteiger partial charge >= 0.3 is 0 Å². The van der Waals surface area contributed by atoms with Crippen molar-refractivity contribution in [1.29, 1.82) is 0 Å². The molecule has 4 amide bonds. The highest BCUT2D eigenvalue weighted by Crippen LogP contribution is 2.29. The Labute approximate surface area is 440 Å². The Bertz CT molecular complexity index is 2940. The number of hydrogen-bond acceptors (Lipinski definition) is 7. The number of aryl methyl sites for hydroxylation is 3. The van der Waals surface area contributed by atoms with Gasteiger partial charge in [0.2, 0.25) is 5.91 Å². The van der Waals surface area contributed by atoms with E-state index in [1.807, 2.05) is 88.4 Å². The minimum Gasteiger partial charge on any atom is -0.366 e. The predicted octanol–water partition coefficient (Wildman–Crippen LogP) is 12.4. The summed E-state index contributed by atoms with van der Waals surface area (Å²) in [5.41, 5.74) is 18.8. The van der Waals surface area contributed by atoms with E-state index < -0.39 is 11.7 Å². The molecule has 0 aromatic heterocycles. The third-order valence-electron chi connectivity index (χ3n) is 9.70. The summed E-state index contributed by atoms with van der Waals surface area (Å²) in [6.45, 7) is 8.24. The molecule has 17 heteroatoms. The summed E-state index contributed by atoms with van der Waals surface area (Å²) < 4.78 is 43.5. The minimum absolute atomic E-state index is 0.219. The zero-order chi connectivity index (χ0) is 50.8. The fraction of sp³-hybridized carbons (Fsp3) is 0.115. The van der Waals surface area contributed by atoms with Crippen LogP contribution in [0, 0.1) is 48.9 Å². The Morgan fingerprint density at radius 3 is 1.14 bits per heavy atom. The molecule has 0 atom stereocenters. The van der Waals surface area contributed by atoms with Crippen molar-refractivity contribution >= 4 is 126 Å². The third-order valence-corrected chi connectivity index (χ3v) is 11.7. The van der Waals surface area contributed by atoms with E-state index in [2.05, 4.69) is 94.4 Å². The lowest BCUT2D eigenvalue weighted by Crippen LogP contribution is -2.23. The van der Waals surface area contributed by atoms with Gasteiger partial charge in [0.05, 0.1) is 33.8 Å². The number of primary amides is 2. The Kier molecular flexibility index (Phi) is 21.8. The average molecular weight is 1270 g/mol.